The summed E-state index contributed by atoms with van der Waals surface area (Å²) in [4.78, 5) is 23.9. The van der Waals surface area contributed by atoms with Gasteiger partial charge in [-0.05, 0) is 68.7 Å². The molecule has 1 N–H and O–H groups in total. The largest absolute Gasteiger partial charge is 0.490 e. The van der Waals surface area contributed by atoms with Gasteiger partial charge >= 0.3 is 0 Å². The Hall–Kier alpha value is -3.42. The number of ether oxygens (including phenoxy) is 1. The first-order chi connectivity index (χ1) is 16.5. The van der Waals surface area contributed by atoms with Crippen molar-refractivity contribution in [1.29, 1.82) is 5.26 Å². The lowest BCUT2D eigenvalue weighted by molar-refractivity contribution is -0.120. The summed E-state index contributed by atoms with van der Waals surface area (Å²) in [5.41, 5.74) is 1.21. The van der Waals surface area contributed by atoms with Crippen LogP contribution in [0.5, 0.6) is 5.75 Å². The third kappa shape index (κ3) is 6.34. The number of benzene rings is 1. The van der Waals surface area contributed by atoms with Gasteiger partial charge in [0.05, 0.1) is 16.7 Å². The summed E-state index contributed by atoms with van der Waals surface area (Å²) in [6.07, 6.45) is 6.03. The molecule has 2 fully saturated rings. The van der Waals surface area contributed by atoms with Gasteiger partial charge in [-0.15, -0.1) is 10.2 Å². The van der Waals surface area contributed by atoms with E-state index in [4.69, 9.17) is 21.6 Å². The second-order valence-electron chi connectivity index (χ2n) is 8.70. The summed E-state index contributed by atoms with van der Waals surface area (Å²) in [5, 5.41) is 20.5. The number of hydrogen-bond donors (Lipinski definition) is 1. The van der Waals surface area contributed by atoms with Crippen molar-refractivity contribution in [3.8, 4) is 23.7 Å². The number of nitriles is 1. The van der Waals surface area contributed by atoms with E-state index in [1.807, 2.05) is 6.07 Å². The maximum absolute atomic E-state index is 12.6. The van der Waals surface area contributed by atoms with Gasteiger partial charge in [-0.1, -0.05) is 17.5 Å². The predicted octanol–water partition coefficient (Wildman–Crippen LogP) is 4.23. The zero-order valence-corrected chi connectivity index (χ0v) is 19.5. The lowest BCUT2D eigenvalue weighted by Gasteiger charge is -2.29. The monoisotopic (exact) mass is 476 g/mol. The van der Waals surface area contributed by atoms with E-state index in [1.165, 1.54) is 0 Å². The summed E-state index contributed by atoms with van der Waals surface area (Å²) in [7, 11) is 0. The van der Waals surface area contributed by atoms with Crippen LogP contribution in [0.2, 0.25) is 5.02 Å². The van der Waals surface area contributed by atoms with Crippen LogP contribution in [0.15, 0.2) is 30.3 Å². The molecule has 2 aliphatic rings. The van der Waals surface area contributed by atoms with Gasteiger partial charge in [0.2, 0.25) is 0 Å². The van der Waals surface area contributed by atoms with Crippen LogP contribution in [0.4, 0.5) is 0 Å². The molecule has 0 unspecified atom stereocenters. The minimum Gasteiger partial charge on any atom is -0.490 e. The first-order valence-corrected chi connectivity index (χ1v) is 11.9. The number of carbonyl (C=O) groups is 2. The average molecular weight is 477 g/mol. The lowest BCUT2D eigenvalue weighted by atomic mass is 9.89. The van der Waals surface area contributed by atoms with Gasteiger partial charge in [-0.3, -0.25) is 9.59 Å². The third-order valence-electron chi connectivity index (χ3n) is 6.22. The maximum atomic E-state index is 12.6. The van der Waals surface area contributed by atoms with Crippen LogP contribution in [0.25, 0.3) is 0 Å². The number of nitrogens with zero attached hydrogens (tertiary/aromatic N) is 3. The quantitative estimate of drug-likeness (QED) is 0.662. The van der Waals surface area contributed by atoms with Gasteiger partial charge in [-0.25, -0.2) is 0 Å². The van der Waals surface area contributed by atoms with Gasteiger partial charge in [0.15, 0.2) is 5.69 Å². The first-order valence-electron chi connectivity index (χ1n) is 11.5. The van der Waals surface area contributed by atoms with Crippen LogP contribution < -0.4 is 10.1 Å². The maximum Gasteiger partial charge on any atom is 0.272 e. The Labute approximate surface area is 203 Å². The van der Waals surface area contributed by atoms with Crippen LogP contribution in [-0.4, -0.2) is 34.0 Å². The fourth-order valence-corrected chi connectivity index (χ4v) is 4.43. The van der Waals surface area contributed by atoms with Crippen LogP contribution in [-0.2, 0) is 4.79 Å². The Bertz CT molecular complexity index is 1150. The van der Waals surface area contributed by atoms with E-state index in [2.05, 4.69) is 27.4 Å². The molecule has 0 bridgehead atoms. The minimum atomic E-state index is -0.249. The SMILES string of the molecule is N#Cc1ccc(OC2CCC(NC(=O)c3ccc(C#CC4CCC(=O)CC4)nn3)CC2)cc1Cl. The Balaban J connectivity index is 1.23. The number of carbonyl (C=O) groups excluding carboxylic acids is 2. The molecular formula is C26H25ClN4O3. The van der Waals surface area contributed by atoms with Crippen molar-refractivity contribution in [1.82, 2.24) is 15.5 Å². The molecule has 174 valence electrons. The second kappa shape index (κ2) is 11.1. The van der Waals surface area contributed by atoms with Crippen molar-refractivity contribution in [3.05, 3.63) is 52.3 Å². The number of nitrogens with one attached hydrogen (secondary N) is 1. The molecule has 2 aliphatic carbocycles. The summed E-state index contributed by atoms with van der Waals surface area (Å²) >= 11 is 6.07. The standard InChI is InChI=1S/C26H25ClN4O3/c27-24-15-23(11-4-18(24)16-28)34-22-12-6-19(7-13-22)29-26(33)25-14-8-20(30-31-25)5-1-17-2-9-21(32)10-3-17/h4,8,11,14-15,17,19,22H,2-3,6-7,9-10,12-13H2,(H,29,33). The van der Waals surface area contributed by atoms with E-state index < -0.39 is 0 Å². The van der Waals surface area contributed by atoms with Crippen LogP contribution in [0.1, 0.15) is 73.1 Å². The van der Waals surface area contributed by atoms with Crippen molar-refractivity contribution in [2.24, 2.45) is 5.92 Å². The van der Waals surface area contributed by atoms with Gasteiger partial charge < -0.3 is 10.1 Å². The summed E-state index contributed by atoms with van der Waals surface area (Å²) < 4.78 is 6.00. The Morgan fingerprint density at radius 3 is 2.47 bits per heavy atom. The molecule has 0 aliphatic heterocycles. The number of amides is 1. The van der Waals surface area contributed by atoms with Gasteiger partial charge in [-0.2, -0.15) is 5.26 Å². The zero-order chi connectivity index (χ0) is 23.9. The smallest absolute Gasteiger partial charge is 0.272 e. The van der Waals surface area contributed by atoms with E-state index >= 15 is 0 Å². The fourth-order valence-electron chi connectivity index (χ4n) is 4.22. The van der Waals surface area contributed by atoms with E-state index in [9.17, 15) is 9.59 Å². The number of Topliss-reactive ketones (excluding diaryl/α,β-unsaturated/α-hetero) is 1. The predicted molar refractivity (Wildman–Crippen MR) is 126 cm³/mol. The highest BCUT2D eigenvalue weighted by Gasteiger charge is 2.24. The van der Waals surface area contributed by atoms with Crippen molar-refractivity contribution < 1.29 is 14.3 Å². The second-order valence-corrected chi connectivity index (χ2v) is 9.11. The summed E-state index contributed by atoms with van der Waals surface area (Å²) in [5.74, 6) is 7.10. The summed E-state index contributed by atoms with van der Waals surface area (Å²) in [6, 6.07) is 10.5. The number of hydrogen-bond acceptors (Lipinski definition) is 6. The molecule has 1 heterocycles. The zero-order valence-electron chi connectivity index (χ0n) is 18.7. The molecule has 0 radical (unpaired) electrons. The first kappa shape index (κ1) is 23.7. The van der Waals surface area contributed by atoms with E-state index in [-0.39, 0.29) is 29.7 Å². The minimum absolute atomic E-state index is 0.0390. The third-order valence-corrected chi connectivity index (χ3v) is 6.53. The lowest BCUT2D eigenvalue weighted by Crippen LogP contribution is -2.40. The Morgan fingerprint density at radius 2 is 1.82 bits per heavy atom. The highest BCUT2D eigenvalue weighted by atomic mass is 35.5. The summed E-state index contributed by atoms with van der Waals surface area (Å²) in [6.45, 7) is 0. The molecule has 7 nitrogen and oxygen atoms in total. The molecule has 1 aromatic heterocycles. The molecule has 2 aromatic rings. The van der Waals surface area contributed by atoms with Gasteiger partial charge in [0.1, 0.15) is 23.3 Å². The fraction of sp³-hybridized carbons (Fsp3) is 0.423. The molecule has 0 saturated heterocycles. The van der Waals surface area contributed by atoms with Gasteiger partial charge in [0, 0.05) is 30.9 Å². The van der Waals surface area contributed by atoms with E-state index in [0.29, 0.717) is 40.7 Å². The van der Waals surface area contributed by atoms with Crippen LogP contribution in [0.3, 0.4) is 0 Å². The van der Waals surface area contributed by atoms with Crippen molar-refractivity contribution in [2.45, 2.75) is 63.5 Å². The number of aromatic nitrogens is 2. The van der Waals surface area contributed by atoms with E-state index in [0.717, 1.165) is 38.5 Å². The molecular weight excluding hydrogens is 452 g/mol. The number of rotatable bonds is 4. The van der Waals surface area contributed by atoms with Crippen LogP contribution >= 0.6 is 11.6 Å². The Morgan fingerprint density at radius 1 is 1.06 bits per heavy atom. The molecule has 1 aromatic carbocycles. The van der Waals surface area contributed by atoms with Crippen molar-refractivity contribution in [2.75, 3.05) is 0 Å². The molecule has 8 heteroatoms. The van der Waals surface area contributed by atoms with Crippen LogP contribution in [0, 0.1) is 29.1 Å². The van der Waals surface area contributed by atoms with E-state index in [1.54, 1.807) is 30.3 Å². The number of halogens is 1. The van der Waals surface area contributed by atoms with Gasteiger partial charge in [0.25, 0.3) is 5.91 Å². The molecule has 1 amide bonds. The van der Waals surface area contributed by atoms with Crippen molar-refractivity contribution in [3.63, 3.8) is 0 Å². The van der Waals surface area contributed by atoms with Crippen molar-refractivity contribution >= 4 is 23.3 Å². The molecule has 4 rings (SSSR count). The average Bonchev–Trinajstić information content (AvgIpc) is 2.85. The molecule has 0 atom stereocenters. The highest BCUT2D eigenvalue weighted by Crippen LogP contribution is 2.27. The molecule has 2 saturated carbocycles. The normalized spacial score (nSPS) is 20.5. The molecule has 0 spiro atoms. The topological polar surface area (TPSA) is 105 Å². The molecule has 34 heavy (non-hydrogen) atoms. The highest BCUT2D eigenvalue weighted by molar-refractivity contribution is 6.31. The number of ketones is 1. The Kier molecular flexibility index (Phi) is 7.77.